The highest BCUT2D eigenvalue weighted by atomic mass is 16.5. The number of ether oxygens (including phenoxy) is 1. The summed E-state index contributed by atoms with van der Waals surface area (Å²) in [7, 11) is 1.63. The van der Waals surface area contributed by atoms with Gasteiger partial charge in [-0.25, -0.2) is 0 Å². The van der Waals surface area contributed by atoms with E-state index in [9.17, 15) is 9.59 Å². The van der Waals surface area contributed by atoms with Gasteiger partial charge in [-0.3, -0.25) is 9.59 Å². The predicted octanol–water partition coefficient (Wildman–Crippen LogP) is 2.69. The Balaban J connectivity index is 2.01. The molecule has 1 heterocycles. The number of piperazine rings is 1. The highest BCUT2D eigenvalue weighted by molar-refractivity contribution is 5.81. The molecule has 0 radical (unpaired) electrons. The number of nitrogens with zero attached hydrogens (tertiary/aromatic N) is 2. The molecule has 0 aromatic heterocycles. The van der Waals surface area contributed by atoms with E-state index < -0.39 is 0 Å². The highest BCUT2D eigenvalue weighted by Gasteiger charge is 2.25. The molecule has 2 rings (SSSR count). The summed E-state index contributed by atoms with van der Waals surface area (Å²) in [6.07, 6.45) is 0.335. The van der Waals surface area contributed by atoms with Crippen LogP contribution in [0.4, 0.5) is 0 Å². The van der Waals surface area contributed by atoms with Crippen LogP contribution in [-0.2, 0) is 16.0 Å². The number of carbonyl (C=O) groups excluding carboxylic acids is 2. The van der Waals surface area contributed by atoms with Crippen LogP contribution >= 0.6 is 0 Å². The monoisotopic (exact) mass is 346 g/mol. The van der Waals surface area contributed by atoms with Gasteiger partial charge in [-0.15, -0.1) is 0 Å². The Kier molecular flexibility index (Phi) is 6.45. The van der Waals surface area contributed by atoms with Gasteiger partial charge in [0.05, 0.1) is 13.5 Å². The van der Waals surface area contributed by atoms with Crippen LogP contribution in [0.1, 0.15) is 44.7 Å². The zero-order valence-electron chi connectivity index (χ0n) is 16.0. The van der Waals surface area contributed by atoms with Gasteiger partial charge in [-0.1, -0.05) is 39.8 Å². The number of methoxy groups -OCH3 is 1. The van der Waals surface area contributed by atoms with Crippen LogP contribution in [0.5, 0.6) is 5.75 Å². The number of amides is 2. The first-order chi connectivity index (χ1) is 11.8. The SMILES string of the molecule is COc1ccc(C(C)C)cc1CC(=O)N1CCN(C(=O)C(C)C)CC1. The second-order valence-corrected chi connectivity index (χ2v) is 7.26. The molecule has 0 spiro atoms. The van der Waals surface area contributed by atoms with E-state index in [0.717, 1.165) is 11.3 Å². The highest BCUT2D eigenvalue weighted by Crippen LogP contribution is 2.25. The van der Waals surface area contributed by atoms with Gasteiger partial charge in [0.25, 0.3) is 0 Å². The molecule has 5 heteroatoms. The minimum absolute atomic E-state index is 0.00489. The second kappa shape index (κ2) is 8.37. The Hall–Kier alpha value is -2.04. The zero-order valence-corrected chi connectivity index (χ0v) is 16.0. The summed E-state index contributed by atoms with van der Waals surface area (Å²) in [5, 5.41) is 0. The topological polar surface area (TPSA) is 49.9 Å². The quantitative estimate of drug-likeness (QED) is 0.824. The van der Waals surface area contributed by atoms with E-state index >= 15 is 0 Å². The van der Waals surface area contributed by atoms with Gasteiger partial charge in [0.1, 0.15) is 5.75 Å². The third-order valence-corrected chi connectivity index (χ3v) is 4.75. The van der Waals surface area contributed by atoms with Crippen LogP contribution in [0.2, 0.25) is 0 Å². The lowest BCUT2D eigenvalue weighted by molar-refractivity contribution is -0.141. The third-order valence-electron chi connectivity index (χ3n) is 4.75. The number of hydrogen-bond acceptors (Lipinski definition) is 3. The standard InChI is InChI=1S/C20H30N2O3/c1-14(2)16-6-7-18(25-5)17(12-16)13-19(23)21-8-10-22(11-9-21)20(24)15(3)4/h6-7,12,14-15H,8-11,13H2,1-5H3. The van der Waals surface area contributed by atoms with E-state index in [1.54, 1.807) is 7.11 Å². The molecule has 138 valence electrons. The molecule has 1 aliphatic heterocycles. The van der Waals surface area contributed by atoms with Crippen LogP contribution < -0.4 is 4.74 Å². The molecular weight excluding hydrogens is 316 g/mol. The molecule has 0 unspecified atom stereocenters. The van der Waals surface area contributed by atoms with E-state index in [-0.39, 0.29) is 17.7 Å². The molecule has 2 amide bonds. The van der Waals surface area contributed by atoms with Crippen LogP contribution in [0.25, 0.3) is 0 Å². The summed E-state index contributed by atoms with van der Waals surface area (Å²) in [5.41, 5.74) is 2.13. The number of carbonyl (C=O) groups is 2. The van der Waals surface area contributed by atoms with E-state index in [2.05, 4.69) is 19.9 Å². The fourth-order valence-electron chi connectivity index (χ4n) is 3.11. The fourth-order valence-corrected chi connectivity index (χ4v) is 3.11. The maximum Gasteiger partial charge on any atom is 0.227 e. The molecule has 0 atom stereocenters. The maximum absolute atomic E-state index is 12.7. The molecule has 1 aliphatic rings. The Morgan fingerprint density at radius 2 is 1.64 bits per heavy atom. The summed E-state index contributed by atoms with van der Waals surface area (Å²) < 4.78 is 5.42. The fraction of sp³-hybridized carbons (Fsp3) is 0.600. The van der Waals surface area contributed by atoms with E-state index in [4.69, 9.17) is 4.74 Å². The summed E-state index contributed by atoms with van der Waals surface area (Å²) in [5.74, 6) is 1.43. The van der Waals surface area contributed by atoms with Crippen molar-refractivity contribution in [1.82, 2.24) is 9.80 Å². The molecule has 0 N–H and O–H groups in total. The lowest BCUT2D eigenvalue weighted by atomic mass is 9.98. The molecule has 1 aromatic rings. The minimum Gasteiger partial charge on any atom is -0.496 e. The van der Waals surface area contributed by atoms with E-state index in [1.807, 2.05) is 35.8 Å². The molecule has 0 bridgehead atoms. The number of rotatable bonds is 5. The van der Waals surface area contributed by atoms with Crippen molar-refractivity contribution in [2.45, 2.75) is 40.0 Å². The molecule has 25 heavy (non-hydrogen) atoms. The van der Waals surface area contributed by atoms with Crippen molar-refractivity contribution in [2.75, 3.05) is 33.3 Å². The molecule has 1 aromatic carbocycles. The average Bonchev–Trinajstić information content (AvgIpc) is 2.60. The lowest BCUT2D eigenvalue weighted by Crippen LogP contribution is -2.51. The third kappa shape index (κ3) is 4.74. The Morgan fingerprint density at radius 3 is 2.16 bits per heavy atom. The van der Waals surface area contributed by atoms with Crippen LogP contribution in [0.15, 0.2) is 18.2 Å². The van der Waals surface area contributed by atoms with Crippen LogP contribution in [0, 0.1) is 5.92 Å². The van der Waals surface area contributed by atoms with Crippen LogP contribution in [-0.4, -0.2) is 54.9 Å². The minimum atomic E-state index is 0.00489. The summed E-state index contributed by atoms with van der Waals surface area (Å²) in [6, 6.07) is 6.06. The first-order valence-corrected chi connectivity index (χ1v) is 9.06. The van der Waals surface area contributed by atoms with Gasteiger partial charge < -0.3 is 14.5 Å². The van der Waals surface area contributed by atoms with Crippen molar-refractivity contribution < 1.29 is 14.3 Å². The van der Waals surface area contributed by atoms with Crippen molar-refractivity contribution in [2.24, 2.45) is 5.92 Å². The first kappa shape index (κ1) is 19.3. The lowest BCUT2D eigenvalue weighted by Gasteiger charge is -2.35. The van der Waals surface area contributed by atoms with Gasteiger partial charge in [0, 0.05) is 37.7 Å². The summed E-state index contributed by atoms with van der Waals surface area (Å²) >= 11 is 0. The molecule has 1 fully saturated rings. The van der Waals surface area contributed by atoms with Crippen molar-refractivity contribution in [3.63, 3.8) is 0 Å². The van der Waals surface area contributed by atoms with Crippen molar-refractivity contribution >= 4 is 11.8 Å². The average molecular weight is 346 g/mol. The van der Waals surface area contributed by atoms with E-state index in [1.165, 1.54) is 5.56 Å². The smallest absolute Gasteiger partial charge is 0.227 e. The molecule has 1 saturated heterocycles. The molecule has 0 aliphatic carbocycles. The van der Waals surface area contributed by atoms with Crippen molar-refractivity contribution in [3.8, 4) is 5.75 Å². The normalized spacial score (nSPS) is 15.0. The van der Waals surface area contributed by atoms with Gasteiger partial charge in [-0.2, -0.15) is 0 Å². The largest absolute Gasteiger partial charge is 0.496 e. The number of benzene rings is 1. The molecule has 0 saturated carbocycles. The van der Waals surface area contributed by atoms with E-state index in [0.29, 0.717) is 38.5 Å². The summed E-state index contributed by atoms with van der Waals surface area (Å²) in [4.78, 5) is 28.5. The predicted molar refractivity (Wildman–Crippen MR) is 98.8 cm³/mol. The van der Waals surface area contributed by atoms with Crippen molar-refractivity contribution in [3.05, 3.63) is 29.3 Å². The van der Waals surface area contributed by atoms with Crippen molar-refractivity contribution in [1.29, 1.82) is 0 Å². The van der Waals surface area contributed by atoms with Gasteiger partial charge in [0.2, 0.25) is 11.8 Å². The van der Waals surface area contributed by atoms with Gasteiger partial charge in [-0.05, 0) is 17.5 Å². The first-order valence-electron chi connectivity index (χ1n) is 9.06. The molecular formula is C20H30N2O3. The Labute approximate surface area is 150 Å². The number of hydrogen-bond donors (Lipinski definition) is 0. The molecule has 5 nitrogen and oxygen atoms in total. The zero-order chi connectivity index (χ0) is 18.6. The Bertz CT molecular complexity index is 617. The second-order valence-electron chi connectivity index (χ2n) is 7.26. The van der Waals surface area contributed by atoms with Gasteiger partial charge >= 0.3 is 0 Å². The van der Waals surface area contributed by atoms with Gasteiger partial charge in [0.15, 0.2) is 0 Å². The van der Waals surface area contributed by atoms with Crippen LogP contribution in [0.3, 0.4) is 0 Å². The Morgan fingerprint density at radius 1 is 1.04 bits per heavy atom. The summed E-state index contributed by atoms with van der Waals surface area (Å²) in [6.45, 7) is 10.5. The maximum atomic E-state index is 12.7.